The van der Waals surface area contributed by atoms with E-state index < -0.39 is 34.5 Å². The summed E-state index contributed by atoms with van der Waals surface area (Å²) in [4.78, 5) is 14.8. The minimum Gasteiger partial charge on any atom is -0.384 e. The lowest BCUT2D eigenvalue weighted by molar-refractivity contribution is -0.0495. The van der Waals surface area contributed by atoms with Crippen molar-refractivity contribution in [1.29, 1.82) is 5.41 Å². The normalized spacial score (nSPS) is 16.1. The molecule has 0 bridgehead atoms. The minimum atomic E-state index is -3.63. The van der Waals surface area contributed by atoms with Crippen molar-refractivity contribution >= 4 is 32.5 Å². The maximum Gasteiger partial charge on any atom is 0.270 e. The third-order valence-corrected chi connectivity index (χ3v) is 7.61. The van der Waals surface area contributed by atoms with Gasteiger partial charge in [-0.3, -0.25) is 10.2 Å². The number of carbonyl (C=O) groups is 1. The zero-order valence-electron chi connectivity index (χ0n) is 17.8. The van der Waals surface area contributed by atoms with Gasteiger partial charge in [0.05, 0.1) is 10.6 Å². The Balaban J connectivity index is 1.71. The molecule has 0 spiro atoms. The maximum atomic E-state index is 13.6. The highest BCUT2D eigenvalue weighted by Crippen LogP contribution is 2.30. The van der Waals surface area contributed by atoms with Gasteiger partial charge in [0, 0.05) is 48.9 Å². The largest absolute Gasteiger partial charge is 0.384 e. The van der Waals surface area contributed by atoms with Gasteiger partial charge in [0.15, 0.2) is 9.84 Å². The van der Waals surface area contributed by atoms with E-state index in [0.717, 1.165) is 0 Å². The molecule has 0 atom stereocenters. The fourth-order valence-corrected chi connectivity index (χ4v) is 5.23. The first kappa shape index (κ1) is 22.9. The number of nitrogen functional groups attached to an aromatic ring is 1. The van der Waals surface area contributed by atoms with Crippen molar-refractivity contribution < 1.29 is 22.0 Å². The molecule has 0 aliphatic carbocycles. The van der Waals surface area contributed by atoms with Gasteiger partial charge in [-0.15, -0.1) is 0 Å². The van der Waals surface area contributed by atoms with E-state index in [2.05, 4.69) is 0 Å². The number of aromatic nitrogens is 1. The van der Waals surface area contributed by atoms with Crippen molar-refractivity contribution in [2.75, 3.05) is 18.8 Å². The van der Waals surface area contributed by atoms with Gasteiger partial charge < -0.3 is 15.2 Å². The Morgan fingerprint density at radius 3 is 2.36 bits per heavy atom. The van der Waals surface area contributed by atoms with Crippen LogP contribution in [0.2, 0.25) is 0 Å². The van der Waals surface area contributed by atoms with Gasteiger partial charge in [-0.1, -0.05) is 30.3 Å². The number of sulfone groups is 1. The molecule has 0 radical (unpaired) electrons. The first-order chi connectivity index (χ1) is 15.6. The highest BCUT2D eigenvalue weighted by molar-refractivity contribution is 7.91. The first-order valence-corrected chi connectivity index (χ1v) is 12.2. The van der Waals surface area contributed by atoms with Gasteiger partial charge in [-0.2, -0.15) is 0 Å². The van der Waals surface area contributed by atoms with Gasteiger partial charge in [-0.05, 0) is 24.3 Å². The van der Waals surface area contributed by atoms with Crippen LogP contribution < -0.4 is 5.73 Å². The summed E-state index contributed by atoms with van der Waals surface area (Å²) >= 11 is 0. The van der Waals surface area contributed by atoms with Gasteiger partial charge in [-0.25, -0.2) is 17.2 Å². The second kappa shape index (κ2) is 8.58. The molecule has 3 aromatic rings. The van der Waals surface area contributed by atoms with Gasteiger partial charge in [0.25, 0.3) is 11.8 Å². The fourth-order valence-electron chi connectivity index (χ4n) is 4.00. The Morgan fingerprint density at radius 1 is 1.06 bits per heavy atom. The summed E-state index contributed by atoms with van der Waals surface area (Å²) in [6.07, 6.45) is -0.814. The first-order valence-electron chi connectivity index (χ1n) is 10.5. The zero-order chi connectivity index (χ0) is 23.8. The molecule has 4 rings (SSSR count). The van der Waals surface area contributed by atoms with Crippen LogP contribution in [0.3, 0.4) is 0 Å². The molecule has 0 unspecified atom stereocenters. The summed E-state index contributed by atoms with van der Waals surface area (Å²) < 4.78 is 54.4. The molecule has 174 valence electrons. The number of fused-ring (bicyclic) bond motifs is 1. The summed E-state index contributed by atoms with van der Waals surface area (Å²) in [6.45, 7) is -0.171. The van der Waals surface area contributed by atoms with E-state index in [-0.39, 0.29) is 41.8 Å². The van der Waals surface area contributed by atoms with Crippen LogP contribution in [0.5, 0.6) is 0 Å². The topological polar surface area (TPSA) is 109 Å². The molecule has 10 heteroatoms. The number of halogens is 2. The van der Waals surface area contributed by atoms with Crippen LogP contribution >= 0.6 is 0 Å². The molecule has 3 N–H and O–H groups in total. The quantitative estimate of drug-likeness (QED) is 0.422. The Labute approximate surface area is 190 Å². The molecule has 1 saturated heterocycles. The lowest BCUT2D eigenvalue weighted by Gasteiger charge is -2.32. The molecule has 1 aliphatic heterocycles. The van der Waals surface area contributed by atoms with Crippen molar-refractivity contribution in [2.45, 2.75) is 30.2 Å². The van der Waals surface area contributed by atoms with E-state index in [1.165, 1.54) is 17.0 Å². The molecule has 2 aromatic carbocycles. The number of hydrogen-bond acceptors (Lipinski definition) is 4. The Bertz CT molecular complexity index is 1310. The number of rotatable bonds is 6. The van der Waals surface area contributed by atoms with Crippen LogP contribution in [0.1, 0.15) is 28.9 Å². The molecule has 7 nitrogen and oxygen atoms in total. The second-order valence-electron chi connectivity index (χ2n) is 8.15. The van der Waals surface area contributed by atoms with Crippen LogP contribution in [-0.4, -0.2) is 54.4 Å². The number of nitrogens with two attached hydrogens (primary N) is 1. The average molecular weight is 475 g/mol. The third kappa shape index (κ3) is 4.75. The lowest BCUT2D eigenvalue weighted by Crippen LogP contribution is -2.43. The van der Waals surface area contributed by atoms with Crippen molar-refractivity contribution in [3.05, 3.63) is 65.9 Å². The molecule has 33 heavy (non-hydrogen) atoms. The number of amidine groups is 1. The number of carbonyl (C=O) groups excluding carboxylic acids is 1. The number of aryl methyl sites for hydroxylation is 1. The molecule has 1 amide bonds. The van der Waals surface area contributed by atoms with E-state index >= 15 is 0 Å². The SMILES string of the molecule is N=C(N)c1ccc2cc(C(=O)N3CCC(F)(F)CC3)n(CCS(=O)(=O)c3ccccc3)c2c1. The summed E-state index contributed by atoms with van der Waals surface area (Å²) in [7, 11) is -3.63. The number of nitrogens with zero attached hydrogens (tertiary/aromatic N) is 2. The van der Waals surface area contributed by atoms with E-state index in [9.17, 15) is 22.0 Å². The van der Waals surface area contributed by atoms with Crippen molar-refractivity contribution in [3.63, 3.8) is 0 Å². The van der Waals surface area contributed by atoms with E-state index in [4.69, 9.17) is 11.1 Å². The summed E-state index contributed by atoms with van der Waals surface area (Å²) in [6, 6.07) is 14.6. The van der Waals surface area contributed by atoms with Crippen LogP contribution in [0.15, 0.2) is 59.5 Å². The van der Waals surface area contributed by atoms with Crippen LogP contribution in [0, 0.1) is 5.41 Å². The maximum absolute atomic E-state index is 13.6. The Hall–Kier alpha value is -3.27. The fraction of sp³-hybridized carbons (Fsp3) is 0.304. The lowest BCUT2D eigenvalue weighted by atomic mass is 10.1. The van der Waals surface area contributed by atoms with Crippen LogP contribution in [0.4, 0.5) is 8.78 Å². The van der Waals surface area contributed by atoms with Gasteiger partial charge in [0.1, 0.15) is 11.5 Å². The molecule has 0 saturated carbocycles. The second-order valence-corrected chi connectivity index (χ2v) is 10.3. The summed E-state index contributed by atoms with van der Waals surface area (Å²) in [5.41, 5.74) is 6.82. The highest BCUT2D eigenvalue weighted by atomic mass is 32.2. The monoisotopic (exact) mass is 474 g/mol. The van der Waals surface area contributed by atoms with E-state index in [0.29, 0.717) is 16.5 Å². The third-order valence-electron chi connectivity index (χ3n) is 5.90. The van der Waals surface area contributed by atoms with Gasteiger partial charge in [0.2, 0.25) is 0 Å². The average Bonchev–Trinajstić information content (AvgIpc) is 3.15. The minimum absolute atomic E-state index is 0.0207. The zero-order valence-corrected chi connectivity index (χ0v) is 18.6. The van der Waals surface area contributed by atoms with Crippen molar-refractivity contribution in [3.8, 4) is 0 Å². The number of benzene rings is 2. The number of amides is 1. The summed E-state index contributed by atoms with van der Waals surface area (Å²) in [5, 5.41) is 8.38. The Kier molecular flexibility index (Phi) is 5.96. The number of nitrogens with one attached hydrogen (secondary N) is 1. The number of likely N-dealkylation sites (tertiary alicyclic amines) is 1. The number of piperidine rings is 1. The van der Waals surface area contributed by atoms with E-state index in [1.807, 2.05) is 0 Å². The molecular formula is C23H24F2N4O3S. The van der Waals surface area contributed by atoms with E-state index in [1.54, 1.807) is 47.0 Å². The smallest absolute Gasteiger partial charge is 0.270 e. The highest BCUT2D eigenvalue weighted by Gasteiger charge is 2.36. The molecule has 2 heterocycles. The molecule has 1 aliphatic rings. The standard InChI is InChI=1S/C23H24F2N4O3S/c24-23(25)8-10-28(11-9-23)22(30)20-14-16-6-7-17(21(26)27)15-19(16)29(20)12-13-33(31,32)18-4-2-1-3-5-18/h1-7,14-15H,8-13H2,(H3,26,27). The number of hydrogen-bond donors (Lipinski definition) is 2. The van der Waals surface area contributed by atoms with Crippen molar-refractivity contribution in [2.24, 2.45) is 5.73 Å². The molecule has 1 fully saturated rings. The van der Waals surface area contributed by atoms with Gasteiger partial charge >= 0.3 is 0 Å². The Morgan fingerprint density at radius 2 is 1.73 bits per heavy atom. The summed E-state index contributed by atoms with van der Waals surface area (Å²) in [5.74, 6) is -3.64. The number of alkyl halides is 2. The molecular weight excluding hydrogens is 450 g/mol. The van der Waals surface area contributed by atoms with Crippen molar-refractivity contribution in [1.82, 2.24) is 9.47 Å². The van der Waals surface area contributed by atoms with Crippen LogP contribution in [-0.2, 0) is 16.4 Å². The van der Waals surface area contributed by atoms with Crippen LogP contribution in [0.25, 0.3) is 10.9 Å². The molecule has 1 aromatic heterocycles. The predicted molar refractivity (Wildman–Crippen MR) is 122 cm³/mol. The predicted octanol–water partition coefficient (Wildman–Crippen LogP) is 3.27.